The van der Waals surface area contributed by atoms with Crippen LogP contribution >= 0.6 is 22.9 Å². The van der Waals surface area contributed by atoms with Crippen LogP contribution in [0.5, 0.6) is 0 Å². The Balaban J connectivity index is 2.16. The summed E-state index contributed by atoms with van der Waals surface area (Å²) in [5.74, 6) is -0.704. The second-order valence-corrected chi connectivity index (χ2v) is 6.05. The number of halogens is 1. The molecule has 0 saturated carbocycles. The number of carboxylic acids is 1. The summed E-state index contributed by atoms with van der Waals surface area (Å²) in [4.78, 5) is 12.5. The average molecular weight is 260 g/mol. The molecule has 1 aromatic heterocycles. The van der Waals surface area contributed by atoms with E-state index in [-0.39, 0.29) is 0 Å². The summed E-state index contributed by atoms with van der Waals surface area (Å²) in [5.41, 5.74) is -0.646. The maximum absolute atomic E-state index is 11.4. The SMILES string of the molecule is O=C(O)C1(Cc2ccc(Cl)s2)CCCNC1. The first kappa shape index (κ1) is 11.9. The second kappa shape index (κ2) is 4.73. The number of hydrogen-bond donors (Lipinski definition) is 2. The van der Waals surface area contributed by atoms with Crippen molar-refractivity contribution in [3.8, 4) is 0 Å². The summed E-state index contributed by atoms with van der Waals surface area (Å²) >= 11 is 7.33. The highest BCUT2D eigenvalue weighted by Gasteiger charge is 2.40. The standard InChI is InChI=1S/C11H14ClNO2S/c12-9-3-2-8(16-9)6-11(10(14)15)4-1-5-13-7-11/h2-3,13H,1,4-7H2,(H,14,15). The zero-order valence-corrected chi connectivity index (χ0v) is 10.4. The minimum atomic E-state index is -0.704. The van der Waals surface area contributed by atoms with Crippen molar-refractivity contribution < 1.29 is 9.90 Å². The van der Waals surface area contributed by atoms with Crippen LogP contribution in [0.25, 0.3) is 0 Å². The van der Waals surface area contributed by atoms with E-state index in [1.807, 2.05) is 12.1 Å². The third-order valence-electron chi connectivity index (χ3n) is 3.07. The fourth-order valence-corrected chi connectivity index (χ4v) is 3.39. The molecule has 0 bridgehead atoms. The molecular formula is C11H14ClNO2S. The zero-order valence-electron chi connectivity index (χ0n) is 8.83. The van der Waals surface area contributed by atoms with Crippen LogP contribution in [0.15, 0.2) is 12.1 Å². The van der Waals surface area contributed by atoms with Gasteiger partial charge in [-0.2, -0.15) is 0 Å². The van der Waals surface area contributed by atoms with Crippen LogP contribution in [0.3, 0.4) is 0 Å². The minimum Gasteiger partial charge on any atom is -0.481 e. The lowest BCUT2D eigenvalue weighted by molar-refractivity contribution is -0.150. The number of nitrogens with one attached hydrogen (secondary N) is 1. The molecule has 0 aliphatic carbocycles. The van der Waals surface area contributed by atoms with Crippen LogP contribution in [-0.2, 0) is 11.2 Å². The summed E-state index contributed by atoms with van der Waals surface area (Å²) in [7, 11) is 0. The molecule has 88 valence electrons. The van der Waals surface area contributed by atoms with Crippen molar-refractivity contribution in [2.75, 3.05) is 13.1 Å². The van der Waals surface area contributed by atoms with Crippen LogP contribution in [0.2, 0.25) is 4.34 Å². The lowest BCUT2D eigenvalue weighted by Crippen LogP contribution is -2.46. The van der Waals surface area contributed by atoms with E-state index in [1.165, 1.54) is 11.3 Å². The summed E-state index contributed by atoms with van der Waals surface area (Å²) in [6, 6.07) is 3.75. The van der Waals surface area contributed by atoms with Gasteiger partial charge in [0.15, 0.2) is 0 Å². The molecule has 2 heterocycles. The number of carboxylic acid groups (broad SMARTS) is 1. The van der Waals surface area contributed by atoms with Gasteiger partial charge in [0.05, 0.1) is 9.75 Å². The van der Waals surface area contributed by atoms with Crippen LogP contribution in [0.4, 0.5) is 0 Å². The Hall–Kier alpha value is -0.580. The highest BCUT2D eigenvalue weighted by molar-refractivity contribution is 7.16. The van der Waals surface area contributed by atoms with E-state index in [4.69, 9.17) is 11.6 Å². The van der Waals surface area contributed by atoms with Gasteiger partial charge in [-0.15, -0.1) is 11.3 Å². The van der Waals surface area contributed by atoms with Crippen molar-refractivity contribution >= 4 is 28.9 Å². The van der Waals surface area contributed by atoms with Crippen LogP contribution < -0.4 is 5.32 Å². The van der Waals surface area contributed by atoms with Crippen LogP contribution in [-0.4, -0.2) is 24.2 Å². The van der Waals surface area contributed by atoms with Gasteiger partial charge in [-0.25, -0.2) is 0 Å². The lowest BCUT2D eigenvalue weighted by Gasteiger charge is -2.33. The highest BCUT2D eigenvalue weighted by Crippen LogP contribution is 2.34. The summed E-state index contributed by atoms with van der Waals surface area (Å²) in [6.07, 6.45) is 2.24. The number of thiophene rings is 1. The highest BCUT2D eigenvalue weighted by atomic mass is 35.5. The quantitative estimate of drug-likeness (QED) is 0.876. The number of aliphatic carboxylic acids is 1. The van der Waals surface area contributed by atoms with Crippen LogP contribution in [0, 0.1) is 5.41 Å². The molecular weight excluding hydrogens is 246 g/mol. The van der Waals surface area contributed by atoms with Gasteiger partial charge in [-0.3, -0.25) is 4.79 Å². The fourth-order valence-electron chi connectivity index (χ4n) is 2.16. The molecule has 1 unspecified atom stereocenters. The zero-order chi connectivity index (χ0) is 11.6. The topological polar surface area (TPSA) is 49.3 Å². The van der Waals surface area contributed by atoms with Gasteiger partial charge in [-0.05, 0) is 37.9 Å². The van der Waals surface area contributed by atoms with Crippen molar-refractivity contribution in [2.24, 2.45) is 5.41 Å². The third-order valence-corrected chi connectivity index (χ3v) is 4.30. The third kappa shape index (κ3) is 2.39. The number of rotatable bonds is 3. The van der Waals surface area contributed by atoms with Gasteiger partial charge >= 0.3 is 5.97 Å². The van der Waals surface area contributed by atoms with Crippen molar-refractivity contribution in [1.29, 1.82) is 0 Å². The Morgan fingerprint density at radius 2 is 2.44 bits per heavy atom. The monoisotopic (exact) mass is 259 g/mol. The minimum absolute atomic E-state index is 0.553. The van der Waals surface area contributed by atoms with E-state index in [1.54, 1.807) is 0 Å². The molecule has 5 heteroatoms. The second-order valence-electron chi connectivity index (χ2n) is 4.25. The molecule has 1 aromatic rings. The van der Waals surface area contributed by atoms with E-state index in [2.05, 4.69) is 5.32 Å². The largest absolute Gasteiger partial charge is 0.481 e. The van der Waals surface area contributed by atoms with Crippen molar-refractivity contribution in [2.45, 2.75) is 19.3 Å². The van der Waals surface area contributed by atoms with E-state index >= 15 is 0 Å². The molecule has 2 N–H and O–H groups in total. The molecule has 0 radical (unpaired) electrons. The number of carbonyl (C=O) groups is 1. The first-order valence-electron chi connectivity index (χ1n) is 5.31. The number of hydrogen-bond acceptors (Lipinski definition) is 3. The molecule has 0 amide bonds. The van der Waals surface area contributed by atoms with Gasteiger partial charge in [0.25, 0.3) is 0 Å². The molecule has 1 aliphatic rings. The average Bonchev–Trinajstić information content (AvgIpc) is 2.65. The molecule has 16 heavy (non-hydrogen) atoms. The Morgan fingerprint density at radius 1 is 1.62 bits per heavy atom. The fraction of sp³-hybridized carbons (Fsp3) is 0.545. The van der Waals surface area contributed by atoms with Gasteiger partial charge in [0, 0.05) is 11.4 Å². The van der Waals surface area contributed by atoms with Gasteiger partial charge in [0.2, 0.25) is 0 Å². The molecule has 0 aromatic carbocycles. The molecule has 1 fully saturated rings. The van der Waals surface area contributed by atoms with E-state index in [0.29, 0.717) is 13.0 Å². The van der Waals surface area contributed by atoms with Gasteiger partial charge in [-0.1, -0.05) is 11.6 Å². The predicted molar refractivity (Wildman–Crippen MR) is 65.2 cm³/mol. The maximum atomic E-state index is 11.4. The molecule has 3 nitrogen and oxygen atoms in total. The molecule has 1 atom stereocenters. The van der Waals surface area contributed by atoms with Crippen molar-refractivity contribution in [3.63, 3.8) is 0 Å². The van der Waals surface area contributed by atoms with E-state index in [9.17, 15) is 9.90 Å². The Bertz CT molecular complexity index is 385. The van der Waals surface area contributed by atoms with E-state index < -0.39 is 11.4 Å². The first-order valence-corrected chi connectivity index (χ1v) is 6.50. The molecule has 2 rings (SSSR count). The Labute approximate surface area is 103 Å². The first-order chi connectivity index (χ1) is 7.62. The van der Waals surface area contributed by atoms with Gasteiger partial charge < -0.3 is 10.4 Å². The van der Waals surface area contributed by atoms with Crippen molar-refractivity contribution in [3.05, 3.63) is 21.3 Å². The predicted octanol–water partition coefficient (Wildman–Crippen LogP) is 2.40. The Morgan fingerprint density at radius 3 is 2.94 bits per heavy atom. The molecule has 1 aliphatic heterocycles. The van der Waals surface area contributed by atoms with E-state index in [0.717, 1.165) is 28.6 Å². The number of piperidine rings is 1. The van der Waals surface area contributed by atoms with Gasteiger partial charge in [0.1, 0.15) is 0 Å². The maximum Gasteiger partial charge on any atom is 0.311 e. The lowest BCUT2D eigenvalue weighted by atomic mass is 9.77. The summed E-state index contributed by atoms with van der Waals surface area (Å²) in [5, 5.41) is 12.6. The Kier molecular flexibility index (Phi) is 3.52. The van der Waals surface area contributed by atoms with Crippen LogP contribution in [0.1, 0.15) is 17.7 Å². The van der Waals surface area contributed by atoms with Crippen molar-refractivity contribution in [1.82, 2.24) is 5.32 Å². The molecule has 1 saturated heterocycles. The summed E-state index contributed by atoms with van der Waals surface area (Å²) < 4.78 is 0.722. The smallest absolute Gasteiger partial charge is 0.311 e. The summed E-state index contributed by atoms with van der Waals surface area (Å²) in [6.45, 7) is 1.47. The normalized spacial score (nSPS) is 25.6. The molecule has 0 spiro atoms.